The second-order valence-electron chi connectivity index (χ2n) is 3.93. The van der Waals surface area contributed by atoms with Gasteiger partial charge in [0.15, 0.2) is 18.3 Å². The zero-order chi connectivity index (χ0) is 11.8. The largest absolute Gasteiger partial charge is 0.194 e. The molecule has 3 heteroatoms. The smallest absolute Gasteiger partial charge is 0.194 e. The maximum absolute atomic E-state index is 3.61. The first kappa shape index (κ1) is 14.0. The van der Waals surface area contributed by atoms with Crippen molar-refractivity contribution in [1.82, 2.24) is 0 Å². The van der Waals surface area contributed by atoms with Gasteiger partial charge in [0, 0.05) is 6.07 Å². The van der Waals surface area contributed by atoms with Gasteiger partial charge in [-0.25, -0.2) is 0 Å². The van der Waals surface area contributed by atoms with Crippen LogP contribution in [0.4, 0.5) is 0 Å². The topological polar surface area (TPSA) is 3.88 Å². The Balaban J connectivity index is 2.34. The number of thioether (sulfide) groups is 1. The van der Waals surface area contributed by atoms with E-state index in [9.17, 15) is 0 Å². The van der Waals surface area contributed by atoms with Crippen LogP contribution in [-0.4, -0.2) is 5.75 Å². The van der Waals surface area contributed by atoms with Crippen molar-refractivity contribution in [2.45, 2.75) is 45.4 Å². The third-order valence-electron chi connectivity index (χ3n) is 2.57. The Hall–Kier alpha value is -0.0200. The molecule has 0 aliphatic heterocycles. The quantitative estimate of drug-likeness (QED) is 0.540. The zero-order valence-electron chi connectivity index (χ0n) is 10.2. The number of aromatic nitrogens is 1. The Labute approximate surface area is 112 Å². The minimum absolute atomic E-state index is 1.06. The van der Waals surface area contributed by atoms with E-state index in [0.29, 0.717) is 0 Å². The molecular formula is C13H21BrNS+. The lowest BCUT2D eigenvalue weighted by Gasteiger charge is -2.01. The summed E-state index contributed by atoms with van der Waals surface area (Å²) in [5.74, 6) is 2.33. The molecule has 0 spiro atoms. The number of pyridine rings is 1. The summed E-state index contributed by atoms with van der Waals surface area (Å²) < 4.78 is 3.48. The highest BCUT2D eigenvalue weighted by atomic mass is 79.9. The van der Waals surface area contributed by atoms with Crippen molar-refractivity contribution in [3.63, 3.8) is 0 Å². The molecule has 1 aromatic rings. The van der Waals surface area contributed by atoms with E-state index in [1.165, 1.54) is 35.1 Å². The van der Waals surface area contributed by atoms with Gasteiger partial charge in [-0.2, -0.15) is 4.57 Å². The average Bonchev–Trinajstić information content (AvgIpc) is 2.29. The van der Waals surface area contributed by atoms with Crippen LogP contribution in [0.5, 0.6) is 0 Å². The SMILES string of the molecule is CCCCCSC[n+]1ccc(CC)c(Br)c1. The van der Waals surface area contributed by atoms with E-state index in [2.05, 4.69) is 52.8 Å². The van der Waals surface area contributed by atoms with Gasteiger partial charge in [-0.3, -0.25) is 0 Å². The van der Waals surface area contributed by atoms with Gasteiger partial charge in [-0.15, -0.1) is 0 Å². The Bertz CT molecular complexity index is 315. The lowest BCUT2D eigenvalue weighted by molar-refractivity contribution is -0.676. The van der Waals surface area contributed by atoms with Gasteiger partial charge in [0.1, 0.15) is 0 Å². The summed E-state index contributed by atoms with van der Waals surface area (Å²) in [6.45, 7) is 4.43. The van der Waals surface area contributed by atoms with Crippen LogP contribution < -0.4 is 4.57 Å². The van der Waals surface area contributed by atoms with Gasteiger partial charge in [0.05, 0.1) is 4.47 Å². The molecule has 0 aromatic carbocycles. The molecule has 0 fully saturated rings. The highest BCUT2D eigenvalue weighted by Gasteiger charge is 2.05. The number of halogens is 1. The van der Waals surface area contributed by atoms with Crippen molar-refractivity contribution in [2.75, 3.05) is 5.75 Å². The number of hydrogen-bond acceptors (Lipinski definition) is 1. The van der Waals surface area contributed by atoms with E-state index >= 15 is 0 Å². The third kappa shape index (κ3) is 4.88. The highest BCUT2D eigenvalue weighted by molar-refractivity contribution is 9.10. The van der Waals surface area contributed by atoms with Crippen molar-refractivity contribution in [3.05, 3.63) is 28.5 Å². The van der Waals surface area contributed by atoms with Crippen LogP contribution in [-0.2, 0) is 12.3 Å². The van der Waals surface area contributed by atoms with Crippen molar-refractivity contribution >= 4 is 27.7 Å². The Morgan fingerprint density at radius 1 is 1.31 bits per heavy atom. The van der Waals surface area contributed by atoms with E-state index in [4.69, 9.17) is 0 Å². The Morgan fingerprint density at radius 2 is 2.12 bits per heavy atom. The summed E-state index contributed by atoms with van der Waals surface area (Å²) in [6.07, 6.45) is 9.46. The number of hydrogen-bond donors (Lipinski definition) is 0. The minimum Gasteiger partial charge on any atom is -0.194 e. The third-order valence-corrected chi connectivity index (χ3v) is 4.34. The molecule has 1 heterocycles. The average molecular weight is 303 g/mol. The molecule has 0 amide bonds. The summed E-state index contributed by atoms with van der Waals surface area (Å²) in [5, 5.41) is 0. The van der Waals surface area contributed by atoms with Crippen LogP contribution in [0.3, 0.4) is 0 Å². The monoisotopic (exact) mass is 302 g/mol. The molecule has 0 aliphatic carbocycles. The number of nitrogens with zero attached hydrogens (tertiary/aromatic N) is 1. The standard InChI is InChI=1S/C13H21BrNS/c1-3-5-6-9-16-11-15-8-7-12(4-2)13(14)10-15/h7-8,10H,3-6,9,11H2,1-2H3/q+1. The molecule has 1 aromatic heterocycles. The van der Waals surface area contributed by atoms with E-state index in [1.54, 1.807) is 0 Å². The van der Waals surface area contributed by atoms with E-state index in [-0.39, 0.29) is 0 Å². The van der Waals surface area contributed by atoms with Gasteiger partial charge in [-0.1, -0.05) is 38.5 Å². The number of unbranched alkanes of at least 4 members (excludes halogenated alkanes) is 2. The predicted molar refractivity (Wildman–Crippen MR) is 75.7 cm³/mol. The molecule has 0 atom stereocenters. The van der Waals surface area contributed by atoms with Gasteiger partial charge < -0.3 is 0 Å². The number of rotatable bonds is 7. The Kier molecular flexibility index (Phi) is 7.13. The van der Waals surface area contributed by atoms with Gasteiger partial charge in [-0.05, 0) is 40.1 Å². The van der Waals surface area contributed by atoms with Crippen LogP contribution in [0, 0.1) is 0 Å². The molecule has 0 radical (unpaired) electrons. The second kappa shape index (κ2) is 8.13. The lowest BCUT2D eigenvalue weighted by atomic mass is 10.2. The highest BCUT2D eigenvalue weighted by Crippen LogP contribution is 2.14. The second-order valence-corrected chi connectivity index (χ2v) is 5.86. The fourth-order valence-corrected chi connectivity index (χ4v) is 3.11. The maximum Gasteiger partial charge on any atom is 0.194 e. The molecule has 1 nitrogen and oxygen atoms in total. The fraction of sp³-hybridized carbons (Fsp3) is 0.615. The zero-order valence-corrected chi connectivity index (χ0v) is 12.6. The predicted octanol–water partition coefficient (Wildman–Crippen LogP) is 4.18. The summed E-state index contributed by atoms with van der Waals surface area (Å²) >= 11 is 5.62. The summed E-state index contributed by atoms with van der Waals surface area (Å²) in [7, 11) is 0. The van der Waals surface area contributed by atoms with Crippen molar-refractivity contribution < 1.29 is 4.57 Å². The van der Waals surface area contributed by atoms with E-state index in [1.807, 2.05) is 11.8 Å². The minimum atomic E-state index is 1.06. The van der Waals surface area contributed by atoms with Gasteiger partial charge in [0.2, 0.25) is 0 Å². The summed E-state index contributed by atoms with van der Waals surface area (Å²) in [5.41, 5.74) is 1.38. The van der Waals surface area contributed by atoms with Gasteiger partial charge >= 0.3 is 0 Å². The molecule has 90 valence electrons. The Morgan fingerprint density at radius 3 is 2.75 bits per heavy atom. The van der Waals surface area contributed by atoms with Crippen LogP contribution >= 0.6 is 27.7 Å². The van der Waals surface area contributed by atoms with Gasteiger partial charge in [0.25, 0.3) is 0 Å². The molecule has 1 rings (SSSR count). The van der Waals surface area contributed by atoms with Crippen LogP contribution in [0.15, 0.2) is 22.9 Å². The fourth-order valence-electron chi connectivity index (χ4n) is 1.53. The molecular weight excluding hydrogens is 282 g/mol. The van der Waals surface area contributed by atoms with Crippen molar-refractivity contribution in [2.24, 2.45) is 0 Å². The normalized spacial score (nSPS) is 10.7. The summed E-state index contributed by atoms with van der Waals surface area (Å²) in [4.78, 5) is 0. The first-order chi connectivity index (χ1) is 7.77. The molecule has 16 heavy (non-hydrogen) atoms. The number of aryl methyl sites for hydroxylation is 1. The maximum atomic E-state index is 3.61. The van der Waals surface area contributed by atoms with Crippen LogP contribution in [0.25, 0.3) is 0 Å². The van der Waals surface area contributed by atoms with Crippen LogP contribution in [0.1, 0.15) is 38.7 Å². The molecule has 0 unspecified atom stereocenters. The molecule has 0 N–H and O–H groups in total. The van der Waals surface area contributed by atoms with E-state index < -0.39 is 0 Å². The van der Waals surface area contributed by atoms with Crippen molar-refractivity contribution in [1.29, 1.82) is 0 Å². The van der Waals surface area contributed by atoms with E-state index in [0.717, 1.165) is 12.3 Å². The summed E-state index contributed by atoms with van der Waals surface area (Å²) in [6, 6.07) is 2.21. The van der Waals surface area contributed by atoms with Crippen LogP contribution in [0.2, 0.25) is 0 Å². The molecule has 0 bridgehead atoms. The first-order valence-corrected chi connectivity index (χ1v) is 7.98. The van der Waals surface area contributed by atoms with Crippen molar-refractivity contribution in [3.8, 4) is 0 Å². The first-order valence-electron chi connectivity index (χ1n) is 6.03. The molecule has 0 saturated carbocycles. The molecule has 0 saturated heterocycles. The lowest BCUT2D eigenvalue weighted by Crippen LogP contribution is -2.31. The molecule has 0 aliphatic rings.